The van der Waals surface area contributed by atoms with Gasteiger partial charge >= 0.3 is 0 Å². The molecular weight excluding hydrogens is 380 g/mol. The standard InChI is InChI=1S/C22H24N6O2/c23-21-25-20(26-22(27-21)24-16-5-2-1-3-6-16)14-28-10-4-7-17(28)15-8-9-18-19(13-15)30-12-11-29-18/h1-3,5-6,8-9,13,17H,4,7,10-12,14H2,(H3,23,24,25,26,27). The molecule has 1 unspecified atom stereocenters. The van der Waals surface area contributed by atoms with E-state index in [1.807, 2.05) is 36.4 Å². The molecule has 3 N–H and O–H groups in total. The highest BCUT2D eigenvalue weighted by molar-refractivity contribution is 5.53. The summed E-state index contributed by atoms with van der Waals surface area (Å²) in [6.07, 6.45) is 2.20. The number of rotatable bonds is 5. The predicted octanol–water partition coefficient (Wildman–Crippen LogP) is 3.31. The van der Waals surface area contributed by atoms with E-state index in [1.54, 1.807) is 0 Å². The van der Waals surface area contributed by atoms with E-state index in [1.165, 1.54) is 5.56 Å². The second-order valence-corrected chi connectivity index (χ2v) is 7.46. The van der Waals surface area contributed by atoms with E-state index in [0.717, 1.165) is 36.6 Å². The van der Waals surface area contributed by atoms with Gasteiger partial charge in [-0.05, 0) is 49.2 Å². The van der Waals surface area contributed by atoms with Crippen molar-refractivity contribution in [1.29, 1.82) is 0 Å². The fourth-order valence-corrected chi connectivity index (χ4v) is 4.06. The lowest BCUT2D eigenvalue weighted by atomic mass is 10.0. The molecule has 154 valence electrons. The number of anilines is 3. The van der Waals surface area contributed by atoms with Crippen LogP contribution in [0.1, 0.15) is 30.3 Å². The van der Waals surface area contributed by atoms with Gasteiger partial charge in [-0.2, -0.15) is 15.0 Å². The fourth-order valence-electron chi connectivity index (χ4n) is 4.06. The van der Waals surface area contributed by atoms with Crippen LogP contribution in [-0.4, -0.2) is 39.6 Å². The van der Waals surface area contributed by atoms with Gasteiger partial charge in [-0.25, -0.2) is 0 Å². The number of hydrogen-bond donors (Lipinski definition) is 2. The van der Waals surface area contributed by atoms with Gasteiger partial charge in [0.25, 0.3) is 0 Å². The zero-order valence-electron chi connectivity index (χ0n) is 16.6. The Kier molecular flexibility index (Phi) is 5.06. The molecule has 1 aromatic heterocycles. The number of para-hydroxylation sites is 1. The largest absolute Gasteiger partial charge is 0.486 e. The van der Waals surface area contributed by atoms with E-state index in [2.05, 4.69) is 37.3 Å². The number of nitrogens with zero attached hydrogens (tertiary/aromatic N) is 4. The smallest absolute Gasteiger partial charge is 0.232 e. The third kappa shape index (κ3) is 3.99. The topological polar surface area (TPSA) is 98.4 Å². The van der Waals surface area contributed by atoms with Gasteiger partial charge in [-0.3, -0.25) is 4.90 Å². The van der Waals surface area contributed by atoms with E-state index >= 15 is 0 Å². The minimum Gasteiger partial charge on any atom is -0.486 e. The average molecular weight is 404 g/mol. The second kappa shape index (κ2) is 8.16. The Bertz CT molecular complexity index is 1030. The number of fused-ring (bicyclic) bond motifs is 1. The van der Waals surface area contributed by atoms with Crippen LogP contribution >= 0.6 is 0 Å². The number of hydrogen-bond acceptors (Lipinski definition) is 8. The van der Waals surface area contributed by atoms with Crippen molar-refractivity contribution in [2.24, 2.45) is 0 Å². The molecule has 30 heavy (non-hydrogen) atoms. The van der Waals surface area contributed by atoms with Crippen molar-refractivity contribution in [2.45, 2.75) is 25.4 Å². The Morgan fingerprint density at radius 2 is 1.83 bits per heavy atom. The Morgan fingerprint density at radius 1 is 1.00 bits per heavy atom. The zero-order chi connectivity index (χ0) is 20.3. The molecule has 0 amide bonds. The van der Waals surface area contributed by atoms with Gasteiger partial charge in [-0.1, -0.05) is 24.3 Å². The number of benzene rings is 2. The molecule has 0 bridgehead atoms. The Labute approximate surface area is 175 Å². The molecular formula is C22H24N6O2. The van der Waals surface area contributed by atoms with Crippen LogP contribution in [0.25, 0.3) is 0 Å². The summed E-state index contributed by atoms with van der Waals surface area (Å²) >= 11 is 0. The highest BCUT2D eigenvalue weighted by Crippen LogP contribution is 2.38. The second-order valence-electron chi connectivity index (χ2n) is 7.46. The first-order chi connectivity index (χ1) is 14.7. The van der Waals surface area contributed by atoms with Crippen molar-refractivity contribution < 1.29 is 9.47 Å². The summed E-state index contributed by atoms with van der Waals surface area (Å²) in [5, 5.41) is 3.20. The molecule has 2 aliphatic heterocycles. The van der Waals surface area contributed by atoms with Gasteiger partial charge < -0.3 is 20.5 Å². The van der Waals surface area contributed by atoms with Crippen molar-refractivity contribution in [3.8, 4) is 11.5 Å². The highest BCUT2D eigenvalue weighted by atomic mass is 16.6. The first-order valence-electron chi connectivity index (χ1n) is 10.2. The summed E-state index contributed by atoms with van der Waals surface area (Å²) in [5.74, 6) is 2.97. The van der Waals surface area contributed by atoms with E-state index in [0.29, 0.717) is 31.5 Å². The Morgan fingerprint density at radius 3 is 2.70 bits per heavy atom. The van der Waals surface area contributed by atoms with Crippen LogP contribution in [0, 0.1) is 0 Å². The van der Waals surface area contributed by atoms with Crippen LogP contribution in [0.5, 0.6) is 11.5 Å². The van der Waals surface area contributed by atoms with Crippen molar-refractivity contribution >= 4 is 17.6 Å². The summed E-state index contributed by atoms with van der Waals surface area (Å²) in [5.41, 5.74) is 8.09. The van der Waals surface area contributed by atoms with Crippen LogP contribution in [0.15, 0.2) is 48.5 Å². The minimum absolute atomic E-state index is 0.216. The lowest BCUT2D eigenvalue weighted by Crippen LogP contribution is -2.25. The van der Waals surface area contributed by atoms with Gasteiger partial charge in [0.15, 0.2) is 11.5 Å². The molecule has 1 fully saturated rings. The van der Waals surface area contributed by atoms with Crippen LogP contribution in [0.4, 0.5) is 17.6 Å². The monoisotopic (exact) mass is 404 g/mol. The number of likely N-dealkylation sites (tertiary alicyclic amines) is 1. The zero-order valence-corrected chi connectivity index (χ0v) is 16.6. The molecule has 0 radical (unpaired) electrons. The molecule has 0 spiro atoms. The molecule has 0 saturated carbocycles. The summed E-state index contributed by atoms with van der Waals surface area (Å²) in [4.78, 5) is 15.6. The number of nitrogens with one attached hydrogen (secondary N) is 1. The van der Waals surface area contributed by atoms with Gasteiger partial charge in [0, 0.05) is 11.7 Å². The molecule has 5 rings (SSSR count). The molecule has 0 aliphatic carbocycles. The SMILES string of the molecule is Nc1nc(CN2CCCC2c2ccc3c(c2)OCCO3)nc(Nc2ccccc2)n1. The maximum absolute atomic E-state index is 5.96. The Balaban J connectivity index is 1.34. The number of nitrogen functional groups attached to an aromatic ring is 1. The molecule has 2 aromatic carbocycles. The van der Waals surface area contributed by atoms with E-state index in [-0.39, 0.29) is 12.0 Å². The van der Waals surface area contributed by atoms with E-state index in [4.69, 9.17) is 15.2 Å². The summed E-state index contributed by atoms with van der Waals surface area (Å²) in [7, 11) is 0. The van der Waals surface area contributed by atoms with Gasteiger partial charge in [-0.15, -0.1) is 0 Å². The normalized spacial score (nSPS) is 18.3. The molecule has 8 nitrogen and oxygen atoms in total. The Hall–Kier alpha value is -3.39. The number of nitrogens with two attached hydrogens (primary N) is 1. The predicted molar refractivity (Wildman–Crippen MR) is 114 cm³/mol. The van der Waals surface area contributed by atoms with E-state index in [9.17, 15) is 0 Å². The maximum atomic E-state index is 5.96. The minimum atomic E-state index is 0.216. The van der Waals surface area contributed by atoms with Crippen LogP contribution in [0.2, 0.25) is 0 Å². The van der Waals surface area contributed by atoms with Gasteiger partial charge in [0.1, 0.15) is 19.0 Å². The van der Waals surface area contributed by atoms with E-state index < -0.39 is 0 Å². The molecule has 3 aromatic rings. The van der Waals surface area contributed by atoms with Crippen molar-refractivity contribution in [1.82, 2.24) is 19.9 Å². The number of aromatic nitrogens is 3. The lowest BCUT2D eigenvalue weighted by molar-refractivity contribution is 0.170. The third-order valence-electron chi connectivity index (χ3n) is 5.39. The molecule has 8 heteroatoms. The third-order valence-corrected chi connectivity index (χ3v) is 5.39. The maximum Gasteiger partial charge on any atom is 0.232 e. The summed E-state index contributed by atoms with van der Waals surface area (Å²) in [6.45, 7) is 2.77. The highest BCUT2D eigenvalue weighted by Gasteiger charge is 2.28. The molecule has 1 saturated heterocycles. The first kappa shape index (κ1) is 18.6. The fraction of sp³-hybridized carbons (Fsp3) is 0.318. The van der Waals surface area contributed by atoms with Crippen LogP contribution in [0.3, 0.4) is 0 Å². The van der Waals surface area contributed by atoms with Crippen LogP contribution in [-0.2, 0) is 6.54 Å². The van der Waals surface area contributed by atoms with Crippen molar-refractivity contribution in [3.05, 3.63) is 59.9 Å². The average Bonchev–Trinajstić information content (AvgIpc) is 3.22. The van der Waals surface area contributed by atoms with Crippen LogP contribution < -0.4 is 20.5 Å². The van der Waals surface area contributed by atoms with Gasteiger partial charge in [0.05, 0.1) is 6.54 Å². The number of ether oxygens (including phenoxy) is 2. The molecule has 2 aliphatic rings. The molecule has 1 atom stereocenters. The lowest BCUT2D eigenvalue weighted by Gasteiger charge is -2.26. The van der Waals surface area contributed by atoms with Crippen molar-refractivity contribution in [2.75, 3.05) is 30.8 Å². The summed E-state index contributed by atoms with van der Waals surface area (Å²) < 4.78 is 11.4. The quantitative estimate of drug-likeness (QED) is 0.668. The summed E-state index contributed by atoms with van der Waals surface area (Å²) in [6, 6.07) is 16.3. The van der Waals surface area contributed by atoms with Crippen molar-refractivity contribution in [3.63, 3.8) is 0 Å². The van der Waals surface area contributed by atoms with Gasteiger partial charge in [0.2, 0.25) is 11.9 Å². The molecule has 3 heterocycles. The first-order valence-corrected chi connectivity index (χ1v) is 10.2.